The lowest BCUT2D eigenvalue weighted by atomic mass is 10.2. The van der Waals surface area contributed by atoms with Crippen LogP contribution in [0.1, 0.15) is 24.1 Å². The molecule has 186 valence electrons. The largest absolute Gasteiger partial charge is 0.494 e. The molecule has 1 unspecified atom stereocenters. The molecule has 5 rings (SSSR count). The molecule has 1 amide bonds. The van der Waals surface area contributed by atoms with Gasteiger partial charge in [0.2, 0.25) is 15.9 Å². The number of nitrogens with zero attached hydrogens (tertiary/aromatic N) is 4. The van der Waals surface area contributed by atoms with Gasteiger partial charge in [-0.05, 0) is 56.2 Å². The molecule has 1 fully saturated rings. The number of methoxy groups -OCH3 is 1. The van der Waals surface area contributed by atoms with E-state index in [4.69, 9.17) is 9.72 Å². The summed E-state index contributed by atoms with van der Waals surface area (Å²) in [5.41, 5.74) is 2.31. The Morgan fingerprint density at radius 3 is 2.67 bits per heavy atom. The maximum absolute atomic E-state index is 14.1. The highest BCUT2D eigenvalue weighted by atomic mass is 32.2. The number of sulfonamides is 1. The number of aromatic nitrogens is 2. The quantitative estimate of drug-likeness (QED) is 0.357. The molecule has 0 N–H and O–H groups in total. The molecule has 36 heavy (non-hydrogen) atoms. The molecule has 2 aromatic carbocycles. The Kier molecular flexibility index (Phi) is 6.74. The second kappa shape index (κ2) is 9.96. The van der Waals surface area contributed by atoms with Crippen LogP contribution in [-0.2, 0) is 21.4 Å². The van der Waals surface area contributed by atoms with E-state index >= 15 is 0 Å². The standard InChI is InChI=1S/C26H26N4O4S2/c1-18-11-13-20(14-12-18)36(32,33)30-16-6-8-21(30)25(31)29(17-19-7-3-4-15-27-19)26-28-24-22(34-2)9-5-10-23(24)35-26/h3-5,7,9-15,21H,6,8,16-17H2,1-2H3. The second-order valence-electron chi connectivity index (χ2n) is 8.64. The lowest BCUT2D eigenvalue weighted by Gasteiger charge is -2.28. The number of thiazole rings is 1. The maximum Gasteiger partial charge on any atom is 0.247 e. The summed E-state index contributed by atoms with van der Waals surface area (Å²) in [6.07, 6.45) is 2.71. The third kappa shape index (κ3) is 4.59. The minimum Gasteiger partial charge on any atom is -0.494 e. The number of benzene rings is 2. The number of anilines is 1. The van der Waals surface area contributed by atoms with Gasteiger partial charge in [-0.1, -0.05) is 41.2 Å². The van der Waals surface area contributed by atoms with E-state index < -0.39 is 16.1 Å². The molecule has 0 saturated carbocycles. The molecule has 0 aliphatic carbocycles. The van der Waals surface area contributed by atoms with Crippen LogP contribution < -0.4 is 9.64 Å². The zero-order chi connectivity index (χ0) is 25.3. The van der Waals surface area contributed by atoms with Crippen LogP contribution in [0.15, 0.2) is 71.8 Å². The summed E-state index contributed by atoms with van der Waals surface area (Å²) >= 11 is 1.37. The molecule has 4 aromatic rings. The van der Waals surface area contributed by atoms with Gasteiger partial charge in [0.25, 0.3) is 0 Å². The number of amides is 1. The third-order valence-electron chi connectivity index (χ3n) is 6.25. The van der Waals surface area contributed by atoms with Gasteiger partial charge in [0.05, 0.1) is 28.9 Å². The summed E-state index contributed by atoms with van der Waals surface area (Å²) in [6.45, 7) is 2.37. The average Bonchev–Trinajstić information content (AvgIpc) is 3.55. The fourth-order valence-electron chi connectivity index (χ4n) is 4.39. The number of hydrogen-bond acceptors (Lipinski definition) is 7. The predicted molar refractivity (Wildman–Crippen MR) is 140 cm³/mol. The van der Waals surface area contributed by atoms with Gasteiger partial charge in [0, 0.05) is 12.7 Å². The molecule has 8 nitrogen and oxygen atoms in total. The number of aryl methyl sites for hydroxylation is 1. The van der Waals surface area contributed by atoms with Crippen molar-refractivity contribution in [2.45, 2.75) is 37.2 Å². The predicted octanol–water partition coefficient (Wildman–Crippen LogP) is 4.39. The molecular weight excluding hydrogens is 496 g/mol. The molecule has 0 radical (unpaired) electrons. The van der Waals surface area contributed by atoms with E-state index in [2.05, 4.69) is 4.98 Å². The van der Waals surface area contributed by atoms with Gasteiger partial charge < -0.3 is 4.74 Å². The Morgan fingerprint density at radius 1 is 1.14 bits per heavy atom. The Morgan fingerprint density at radius 2 is 1.94 bits per heavy atom. The molecular formula is C26H26N4O4S2. The highest BCUT2D eigenvalue weighted by molar-refractivity contribution is 7.89. The summed E-state index contributed by atoms with van der Waals surface area (Å²) in [7, 11) is -2.26. The van der Waals surface area contributed by atoms with Crippen molar-refractivity contribution in [1.29, 1.82) is 0 Å². The van der Waals surface area contributed by atoms with Crippen molar-refractivity contribution in [2.75, 3.05) is 18.6 Å². The van der Waals surface area contributed by atoms with Gasteiger partial charge in [-0.25, -0.2) is 13.4 Å². The summed E-state index contributed by atoms with van der Waals surface area (Å²) in [6, 6.07) is 17.0. The van der Waals surface area contributed by atoms with Gasteiger partial charge >= 0.3 is 0 Å². The normalized spacial score (nSPS) is 16.3. The van der Waals surface area contributed by atoms with Crippen LogP contribution in [0.4, 0.5) is 5.13 Å². The first-order valence-corrected chi connectivity index (χ1v) is 13.9. The fraction of sp³-hybridized carbons (Fsp3) is 0.269. The Hall–Kier alpha value is -3.34. The van der Waals surface area contributed by atoms with Crippen LogP contribution in [0.3, 0.4) is 0 Å². The Labute approximate surface area is 214 Å². The lowest BCUT2D eigenvalue weighted by Crippen LogP contribution is -2.47. The van der Waals surface area contributed by atoms with E-state index in [-0.39, 0.29) is 23.9 Å². The molecule has 0 spiro atoms. The number of ether oxygens (including phenoxy) is 1. The molecule has 2 aromatic heterocycles. The molecule has 1 aliphatic heterocycles. The number of carbonyl (C=O) groups excluding carboxylic acids is 1. The Balaban J connectivity index is 1.53. The highest BCUT2D eigenvalue weighted by Gasteiger charge is 2.42. The van der Waals surface area contributed by atoms with Crippen LogP contribution in [0.25, 0.3) is 10.2 Å². The minimum atomic E-state index is -3.84. The topological polar surface area (TPSA) is 92.7 Å². The molecule has 10 heteroatoms. The average molecular weight is 523 g/mol. The van der Waals surface area contributed by atoms with E-state index in [0.29, 0.717) is 34.9 Å². The van der Waals surface area contributed by atoms with Crippen molar-refractivity contribution in [3.63, 3.8) is 0 Å². The second-order valence-corrected chi connectivity index (χ2v) is 11.5. The minimum absolute atomic E-state index is 0.177. The number of fused-ring (bicyclic) bond motifs is 1. The van der Waals surface area contributed by atoms with Gasteiger partial charge in [0.1, 0.15) is 17.3 Å². The molecule has 3 heterocycles. The van der Waals surface area contributed by atoms with Crippen molar-refractivity contribution >= 4 is 42.6 Å². The highest BCUT2D eigenvalue weighted by Crippen LogP contribution is 2.36. The number of hydrogen-bond donors (Lipinski definition) is 0. The first-order chi connectivity index (χ1) is 17.4. The van der Waals surface area contributed by atoms with Gasteiger partial charge in [-0.2, -0.15) is 4.31 Å². The zero-order valence-electron chi connectivity index (χ0n) is 20.0. The molecule has 1 saturated heterocycles. The number of pyridine rings is 1. The van der Waals surface area contributed by atoms with Crippen LogP contribution in [0.5, 0.6) is 5.75 Å². The van der Waals surface area contributed by atoms with Crippen LogP contribution >= 0.6 is 11.3 Å². The first kappa shape index (κ1) is 24.4. The lowest BCUT2D eigenvalue weighted by molar-refractivity contribution is -0.121. The number of para-hydroxylation sites is 1. The summed E-state index contributed by atoms with van der Waals surface area (Å²) in [5, 5.41) is 0.477. The van der Waals surface area contributed by atoms with E-state index in [0.717, 1.165) is 10.3 Å². The van der Waals surface area contributed by atoms with E-state index in [9.17, 15) is 13.2 Å². The SMILES string of the molecule is COc1cccc2sc(N(Cc3ccccn3)C(=O)C3CCCN3S(=O)(=O)c3ccc(C)cc3)nc12. The third-order valence-corrected chi connectivity index (χ3v) is 9.22. The fourth-order valence-corrected chi connectivity index (χ4v) is 7.02. The van der Waals surface area contributed by atoms with Crippen molar-refractivity contribution in [3.8, 4) is 5.75 Å². The molecule has 1 aliphatic rings. The van der Waals surface area contributed by atoms with Crippen LogP contribution in [0.2, 0.25) is 0 Å². The zero-order valence-corrected chi connectivity index (χ0v) is 21.6. The van der Waals surface area contributed by atoms with Crippen molar-refractivity contribution < 1.29 is 17.9 Å². The van der Waals surface area contributed by atoms with Crippen molar-refractivity contribution in [2.24, 2.45) is 0 Å². The summed E-state index contributed by atoms with van der Waals surface area (Å²) in [4.78, 5) is 24.9. The summed E-state index contributed by atoms with van der Waals surface area (Å²) < 4.78 is 34.7. The van der Waals surface area contributed by atoms with E-state index in [1.807, 2.05) is 43.3 Å². The van der Waals surface area contributed by atoms with Crippen LogP contribution in [-0.4, -0.2) is 48.3 Å². The van der Waals surface area contributed by atoms with E-state index in [1.165, 1.54) is 15.6 Å². The maximum atomic E-state index is 14.1. The van der Waals surface area contributed by atoms with Gasteiger partial charge in [-0.3, -0.25) is 14.7 Å². The van der Waals surface area contributed by atoms with Crippen molar-refractivity contribution in [1.82, 2.24) is 14.3 Å². The molecule has 1 atom stereocenters. The number of carbonyl (C=O) groups is 1. The number of rotatable bonds is 7. The molecule has 0 bridgehead atoms. The van der Waals surface area contributed by atoms with Gasteiger partial charge in [-0.15, -0.1) is 0 Å². The van der Waals surface area contributed by atoms with Crippen LogP contribution in [0, 0.1) is 6.92 Å². The monoisotopic (exact) mass is 522 g/mol. The van der Waals surface area contributed by atoms with Crippen molar-refractivity contribution in [3.05, 3.63) is 78.1 Å². The summed E-state index contributed by atoms with van der Waals surface area (Å²) in [5.74, 6) is 0.302. The smallest absolute Gasteiger partial charge is 0.247 e. The first-order valence-electron chi connectivity index (χ1n) is 11.6. The van der Waals surface area contributed by atoms with E-state index in [1.54, 1.807) is 42.5 Å². The Bertz CT molecular complexity index is 1490. The van der Waals surface area contributed by atoms with Gasteiger partial charge in [0.15, 0.2) is 5.13 Å².